The quantitative estimate of drug-likeness (QED) is 0.665. The molecule has 8 nitrogen and oxygen atoms in total. The molecule has 2 rings (SSSR count). The van der Waals surface area contributed by atoms with Crippen molar-refractivity contribution in [1.82, 2.24) is 10.1 Å². The second kappa shape index (κ2) is 5.66. The Hall–Kier alpha value is -2.19. The minimum atomic E-state index is -0.742. The molecule has 1 heterocycles. The molecule has 0 saturated heterocycles. The lowest BCUT2D eigenvalue weighted by Gasteiger charge is -2.11. The van der Waals surface area contributed by atoms with Crippen LogP contribution in [0.2, 0.25) is 5.02 Å². The Kier molecular flexibility index (Phi) is 4.10. The van der Waals surface area contributed by atoms with E-state index in [0.29, 0.717) is 5.82 Å². The average Bonchev–Trinajstić information content (AvgIpc) is 2.85. The number of nitro benzene ring substituents is 1. The summed E-state index contributed by atoms with van der Waals surface area (Å²) in [6.07, 6.45) is 0. The molecule has 21 heavy (non-hydrogen) atoms. The Balaban J connectivity index is 2.13. The van der Waals surface area contributed by atoms with E-state index in [4.69, 9.17) is 26.6 Å². The van der Waals surface area contributed by atoms with Gasteiger partial charge in [-0.25, -0.2) is 0 Å². The maximum Gasteiger partial charge on any atom is 0.312 e. The first-order valence-corrected chi connectivity index (χ1v) is 6.34. The number of nitrogens with zero attached hydrogens (tertiary/aromatic N) is 3. The highest BCUT2D eigenvalue weighted by Gasteiger charge is 2.22. The Bertz CT molecular complexity index is 666. The molecule has 9 heteroatoms. The molecule has 0 aliphatic carbocycles. The van der Waals surface area contributed by atoms with Crippen molar-refractivity contribution in [3.05, 3.63) is 45.1 Å². The molecule has 0 atom stereocenters. The van der Waals surface area contributed by atoms with Gasteiger partial charge in [-0.05, 0) is 26.0 Å². The van der Waals surface area contributed by atoms with Gasteiger partial charge in [0.25, 0.3) is 5.89 Å². The highest BCUT2D eigenvalue weighted by Crippen LogP contribution is 2.30. The third kappa shape index (κ3) is 3.67. The predicted molar refractivity (Wildman–Crippen MR) is 73.9 cm³/mol. The summed E-state index contributed by atoms with van der Waals surface area (Å²) in [5.74, 6) is 0.565. The summed E-state index contributed by atoms with van der Waals surface area (Å²) >= 11 is 5.72. The van der Waals surface area contributed by atoms with Gasteiger partial charge in [-0.15, -0.1) is 0 Å². The Labute approximate surface area is 125 Å². The van der Waals surface area contributed by atoms with Crippen LogP contribution in [0.5, 0.6) is 5.75 Å². The third-order valence-corrected chi connectivity index (χ3v) is 2.75. The zero-order chi connectivity index (χ0) is 15.6. The molecular formula is C12H13ClN4O4. The van der Waals surface area contributed by atoms with Gasteiger partial charge in [-0.1, -0.05) is 16.8 Å². The van der Waals surface area contributed by atoms with Crippen molar-refractivity contribution in [2.75, 3.05) is 0 Å². The summed E-state index contributed by atoms with van der Waals surface area (Å²) in [5.41, 5.74) is 4.85. The van der Waals surface area contributed by atoms with Gasteiger partial charge in [0.1, 0.15) is 0 Å². The topological polar surface area (TPSA) is 117 Å². The van der Waals surface area contributed by atoms with Crippen molar-refractivity contribution in [1.29, 1.82) is 0 Å². The number of nitrogens with two attached hydrogens (primary N) is 1. The first-order chi connectivity index (χ1) is 9.77. The van der Waals surface area contributed by atoms with Crippen LogP contribution in [0.3, 0.4) is 0 Å². The van der Waals surface area contributed by atoms with Crippen LogP contribution in [0.25, 0.3) is 0 Å². The Morgan fingerprint density at radius 2 is 2.24 bits per heavy atom. The second-order valence-corrected chi connectivity index (χ2v) is 5.33. The second-order valence-electron chi connectivity index (χ2n) is 4.89. The van der Waals surface area contributed by atoms with Crippen molar-refractivity contribution < 1.29 is 14.2 Å². The minimum absolute atomic E-state index is 0.0659. The maximum absolute atomic E-state index is 10.9. The average molecular weight is 313 g/mol. The van der Waals surface area contributed by atoms with Gasteiger partial charge in [0.2, 0.25) is 0 Å². The number of nitro groups is 1. The fraction of sp³-hybridized carbons (Fsp3) is 0.333. The number of hydrogen-bond donors (Lipinski definition) is 1. The van der Waals surface area contributed by atoms with Crippen LogP contribution in [0.1, 0.15) is 25.6 Å². The van der Waals surface area contributed by atoms with Gasteiger partial charge in [-0.3, -0.25) is 10.1 Å². The summed E-state index contributed by atoms with van der Waals surface area (Å²) in [4.78, 5) is 14.4. The third-order valence-electron chi connectivity index (χ3n) is 2.51. The lowest BCUT2D eigenvalue weighted by atomic mass is 10.1. The molecule has 0 radical (unpaired) electrons. The van der Waals surface area contributed by atoms with E-state index in [-0.39, 0.29) is 29.0 Å². The smallest absolute Gasteiger partial charge is 0.312 e. The molecule has 0 aliphatic heterocycles. The number of ether oxygens (including phenoxy) is 1. The standard InChI is InChI=1S/C12H13ClN4O4/c1-12(2,14)11-15-10(21-16-11)6-20-9-4-3-7(13)5-8(9)17(18)19/h3-5H,6,14H2,1-2H3. The first kappa shape index (κ1) is 15.2. The molecule has 0 unspecified atom stereocenters. The van der Waals surface area contributed by atoms with Crippen molar-refractivity contribution >= 4 is 17.3 Å². The van der Waals surface area contributed by atoms with Crippen LogP contribution < -0.4 is 10.5 Å². The van der Waals surface area contributed by atoms with E-state index in [1.54, 1.807) is 13.8 Å². The SMILES string of the molecule is CC(C)(N)c1noc(COc2ccc(Cl)cc2[N+](=O)[O-])n1. The van der Waals surface area contributed by atoms with Gasteiger partial charge in [0.15, 0.2) is 18.2 Å². The molecule has 0 spiro atoms. The highest BCUT2D eigenvalue weighted by molar-refractivity contribution is 6.30. The van der Waals surface area contributed by atoms with Gasteiger partial charge in [0, 0.05) is 11.1 Å². The lowest BCUT2D eigenvalue weighted by Crippen LogP contribution is -2.30. The summed E-state index contributed by atoms with van der Waals surface area (Å²) < 4.78 is 10.3. The number of rotatable bonds is 5. The molecule has 1 aromatic heterocycles. The van der Waals surface area contributed by atoms with Crippen LogP contribution in [0, 0.1) is 10.1 Å². The van der Waals surface area contributed by atoms with Gasteiger partial charge in [-0.2, -0.15) is 4.98 Å². The van der Waals surface area contributed by atoms with Crippen molar-refractivity contribution in [2.24, 2.45) is 5.73 Å². The molecule has 2 aromatic rings. The van der Waals surface area contributed by atoms with Crippen molar-refractivity contribution in [2.45, 2.75) is 26.0 Å². The summed E-state index contributed by atoms with van der Waals surface area (Å²) in [6, 6.07) is 4.11. The lowest BCUT2D eigenvalue weighted by molar-refractivity contribution is -0.385. The number of aromatic nitrogens is 2. The van der Waals surface area contributed by atoms with Crippen LogP contribution in [-0.2, 0) is 12.1 Å². The normalized spacial score (nSPS) is 11.4. The van der Waals surface area contributed by atoms with E-state index in [1.807, 2.05) is 0 Å². The highest BCUT2D eigenvalue weighted by atomic mass is 35.5. The van der Waals surface area contributed by atoms with Gasteiger partial charge >= 0.3 is 5.69 Å². The minimum Gasteiger partial charge on any atom is -0.477 e. The molecule has 0 aliphatic rings. The fourth-order valence-electron chi connectivity index (χ4n) is 1.47. The number of halogens is 1. The molecule has 0 bridgehead atoms. The molecule has 0 saturated carbocycles. The Morgan fingerprint density at radius 1 is 1.52 bits per heavy atom. The van der Waals surface area contributed by atoms with Gasteiger partial charge in [0.05, 0.1) is 10.5 Å². The molecule has 0 amide bonds. The summed E-state index contributed by atoms with van der Waals surface area (Å²) in [5, 5.41) is 14.9. The Morgan fingerprint density at radius 3 is 2.81 bits per heavy atom. The summed E-state index contributed by atoms with van der Waals surface area (Å²) in [7, 11) is 0. The zero-order valence-corrected chi connectivity index (χ0v) is 12.1. The van der Waals surface area contributed by atoms with Crippen LogP contribution in [0.4, 0.5) is 5.69 Å². The fourth-order valence-corrected chi connectivity index (χ4v) is 1.64. The van der Waals surface area contributed by atoms with Crippen molar-refractivity contribution in [3.63, 3.8) is 0 Å². The number of hydrogen-bond acceptors (Lipinski definition) is 7. The van der Waals surface area contributed by atoms with E-state index in [1.165, 1.54) is 18.2 Å². The zero-order valence-electron chi connectivity index (χ0n) is 11.4. The number of benzene rings is 1. The van der Waals surface area contributed by atoms with Gasteiger partial charge < -0.3 is 15.0 Å². The van der Waals surface area contributed by atoms with E-state index in [0.717, 1.165) is 0 Å². The first-order valence-electron chi connectivity index (χ1n) is 5.96. The monoisotopic (exact) mass is 312 g/mol. The van der Waals surface area contributed by atoms with Crippen LogP contribution >= 0.6 is 11.6 Å². The summed E-state index contributed by atoms with van der Waals surface area (Å²) in [6.45, 7) is 3.35. The largest absolute Gasteiger partial charge is 0.477 e. The molecular weight excluding hydrogens is 300 g/mol. The predicted octanol–water partition coefficient (Wildman–Crippen LogP) is 2.40. The van der Waals surface area contributed by atoms with Crippen LogP contribution in [-0.4, -0.2) is 15.1 Å². The molecule has 1 aromatic carbocycles. The maximum atomic E-state index is 10.9. The molecule has 112 valence electrons. The van der Waals surface area contributed by atoms with E-state index in [2.05, 4.69) is 10.1 Å². The molecule has 2 N–H and O–H groups in total. The van der Waals surface area contributed by atoms with E-state index >= 15 is 0 Å². The van der Waals surface area contributed by atoms with Crippen LogP contribution in [0.15, 0.2) is 22.7 Å². The van der Waals surface area contributed by atoms with E-state index in [9.17, 15) is 10.1 Å². The molecule has 0 fully saturated rings. The van der Waals surface area contributed by atoms with Crippen molar-refractivity contribution in [3.8, 4) is 5.75 Å². The van der Waals surface area contributed by atoms with E-state index < -0.39 is 10.5 Å².